The lowest BCUT2D eigenvalue weighted by Crippen LogP contribution is -2.36. The first kappa shape index (κ1) is 21.4. The van der Waals surface area contributed by atoms with Crippen LogP contribution in [-0.2, 0) is 11.3 Å². The highest BCUT2D eigenvalue weighted by Crippen LogP contribution is 2.38. The summed E-state index contributed by atoms with van der Waals surface area (Å²) in [5, 5.41) is 4.22. The van der Waals surface area contributed by atoms with Gasteiger partial charge in [-0.05, 0) is 67.9 Å². The molecule has 160 valence electrons. The second-order valence-electron chi connectivity index (χ2n) is 8.36. The number of halogens is 2. The van der Waals surface area contributed by atoms with E-state index in [0.29, 0.717) is 10.0 Å². The average Bonchev–Trinajstić information content (AvgIpc) is 2.70. The number of anilines is 1. The van der Waals surface area contributed by atoms with Crippen molar-refractivity contribution in [2.45, 2.75) is 31.4 Å². The van der Waals surface area contributed by atoms with Crippen LogP contribution in [0.3, 0.4) is 0 Å². The van der Waals surface area contributed by atoms with Crippen molar-refractivity contribution < 1.29 is 9.53 Å². The van der Waals surface area contributed by atoms with Crippen molar-refractivity contribution in [2.24, 2.45) is 0 Å². The van der Waals surface area contributed by atoms with E-state index in [1.54, 1.807) is 6.07 Å². The molecule has 30 heavy (non-hydrogen) atoms. The summed E-state index contributed by atoms with van der Waals surface area (Å²) in [6.07, 6.45) is 1.35. The Labute approximate surface area is 187 Å². The molecule has 0 bridgehead atoms. The fourth-order valence-corrected chi connectivity index (χ4v) is 4.90. The fraction of sp³-hybridized carbons (Fsp3) is 0.435. The molecule has 2 heterocycles. The van der Waals surface area contributed by atoms with Crippen LogP contribution in [0.2, 0.25) is 10.0 Å². The summed E-state index contributed by atoms with van der Waals surface area (Å²) < 4.78 is 5.56. The standard InChI is InChI=1S/C23H27Cl2N3O2/c1-27-9-7-18(8-10-27)30-23(29)26-17-5-3-15(4-6-17)20-13-28(2)14-21-19(20)11-16(24)12-22(21)25/h3-6,11-12,18,20H,7-10,13-14H2,1-2H3,(H,26,29). The van der Waals surface area contributed by atoms with E-state index in [1.807, 2.05) is 30.3 Å². The van der Waals surface area contributed by atoms with E-state index in [1.165, 1.54) is 5.56 Å². The third-order valence-electron chi connectivity index (χ3n) is 5.99. The second kappa shape index (κ2) is 9.15. The third-order valence-corrected chi connectivity index (χ3v) is 6.55. The molecule has 1 saturated heterocycles. The van der Waals surface area contributed by atoms with Crippen molar-refractivity contribution in [2.75, 3.05) is 39.0 Å². The van der Waals surface area contributed by atoms with Gasteiger partial charge in [0.25, 0.3) is 0 Å². The van der Waals surface area contributed by atoms with E-state index >= 15 is 0 Å². The summed E-state index contributed by atoms with van der Waals surface area (Å²) in [4.78, 5) is 16.8. The van der Waals surface area contributed by atoms with Gasteiger partial charge in [0.05, 0.1) is 0 Å². The molecule has 7 heteroatoms. The molecule has 1 N–H and O–H groups in total. The van der Waals surface area contributed by atoms with Gasteiger partial charge in [-0.25, -0.2) is 4.79 Å². The lowest BCUT2D eigenvalue weighted by molar-refractivity contribution is 0.0662. The van der Waals surface area contributed by atoms with Gasteiger partial charge in [-0.1, -0.05) is 35.3 Å². The number of amides is 1. The first-order valence-electron chi connectivity index (χ1n) is 10.3. The number of carbonyl (C=O) groups is 1. The Bertz CT molecular complexity index is 911. The van der Waals surface area contributed by atoms with Crippen LogP contribution >= 0.6 is 23.2 Å². The SMILES string of the molecule is CN1CCC(OC(=O)Nc2ccc(C3CN(C)Cc4c(Cl)cc(Cl)cc43)cc2)CC1. The van der Waals surface area contributed by atoms with Crippen LogP contribution in [-0.4, -0.2) is 55.7 Å². The minimum absolute atomic E-state index is 0.00996. The van der Waals surface area contributed by atoms with Crippen molar-refractivity contribution in [1.29, 1.82) is 0 Å². The van der Waals surface area contributed by atoms with Crippen LogP contribution in [0, 0.1) is 0 Å². The predicted octanol–water partition coefficient (Wildman–Crippen LogP) is 5.21. The molecule has 4 rings (SSSR count). The zero-order chi connectivity index (χ0) is 21.3. The Hall–Kier alpha value is -1.79. The van der Waals surface area contributed by atoms with Crippen molar-refractivity contribution in [3.8, 4) is 0 Å². The monoisotopic (exact) mass is 447 g/mol. The molecular formula is C23H27Cl2N3O2. The van der Waals surface area contributed by atoms with Gasteiger partial charge in [0.2, 0.25) is 0 Å². The number of likely N-dealkylation sites (N-methyl/N-ethyl adjacent to an activating group) is 1. The number of ether oxygens (including phenoxy) is 1. The Kier molecular flexibility index (Phi) is 6.54. The molecule has 1 fully saturated rings. The number of nitrogens with one attached hydrogen (secondary N) is 1. The number of fused-ring (bicyclic) bond motifs is 1. The maximum atomic E-state index is 12.2. The smallest absolute Gasteiger partial charge is 0.411 e. The van der Waals surface area contributed by atoms with Gasteiger partial charge < -0.3 is 14.5 Å². The van der Waals surface area contributed by atoms with E-state index < -0.39 is 6.09 Å². The van der Waals surface area contributed by atoms with Gasteiger partial charge >= 0.3 is 6.09 Å². The van der Waals surface area contributed by atoms with Crippen molar-refractivity contribution in [1.82, 2.24) is 9.80 Å². The molecule has 2 aromatic carbocycles. The van der Waals surface area contributed by atoms with Gasteiger partial charge in [0.15, 0.2) is 0 Å². The van der Waals surface area contributed by atoms with Gasteiger partial charge in [0.1, 0.15) is 6.10 Å². The number of benzene rings is 2. The summed E-state index contributed by atoms with van der Waals surface area (Å²) in [5.74, 6) is 0.176. The Morgan fingerprint density at radius 2 is 1.77 bits per heavy atom. The van der Waals surface area contributed by atoms with Gasteiger partial charge in [-0.15, -0.1) is 0 Å². The number of piperidine rings is 1. The van der Waals surface area contributed by atoms with Crippen LogP contribution in [0.15, 0.2) is 36.4 Å². The predicted molar refractivity (Wildman–Crippen MR) is 122 cm³/mol. The minimum Gasteiger partial charge on any atom is -0.446 e. The maximum Gasteiger partial charge on any atom is 0.411 e. The summed E-state index contributed by atoms with van der Waals surface area (Å²) in [5.41, 5.74) is 4.19. The number of likely N-dealkylation sites (tertiary alicyclic amines) is 1. The normalized spacial score (nSPS) is 20.6. The number of nitrogens with zero attached hydrogens (tertiary/aromatic N) is 2. The van der Waals surface area contributed by atoms with Crippen LogP contribution in [0.5, 0.6) is 0 Å². The molecule has 2 aliphatic heterocycles. The Morgan fingerprint density at radius 3 is 2.47 bits per heavy atom. The molecule has 0 aliphatic carbocycles. The summed E-state index contributed by atoms with van der Waals surface area (Å²) in [6.45, 7) is 3.61. The summed E-state index contributed by atoms with van der Waals surface area (Å²) >= 11 is 12.7. The van der Waals surface area contributed by atoms with Crippen LogP contribution in [0.4, 0.5) is 10.5 Å². The molecular weight excluding hydrogens is 421 g/mol. The van der Waals surface area contributed by atoms with Gasteiger partial charge in [-0.2, -0.15) is 0 Å². The van der Waals surface area contributed by atoms with E-state index in [9.17, 15) is 4.79 Å². The number of hydrogen-bond acceptors (Lipinski definition) is 4. The van der Waals surface area contributed by atoms with E-state index in [0.717, 1.165) is 55.8 Å². The maximum absolute atomic E-state index is 12.2. The highest BCUT2D eigenvalue weighted by atomic mass is 35.5. The first-order valence-corrected chi connectivity index (χ1v) is 11.1. The molecule has 0 saturated carbocycles. The van der Waals surface area contributed by atoms with Gasteiger partial charge in [-0.3, -0.25) is 5.32 Å². The molecule has 0 aromatic heterocycles. The average molecular weight is 448 g/mol. The summed E-state index contributed by atoms with van der Waals surface area (Å²) in [6, 6.07) is 11.8. The molecule has 5 nitrogen and oxygen atoms in total. The third kappa shape index (κ3) is 4.92. The molecule has 0 radical (unpaired) electrons. The summed E-state index contributed by atoms with van der Waals surface area (Å²) in [7, 11) is 4.18. The highest BCUT2D eigenvalue weighted by Gasteiger charge is 2.27. The van der Waals surface area contributed by atoms with Crippen molar-refractivity contribution in [3.05, 3.63) is 63.1 Å². The lowest BCUT2D eigenvalue weighted by Gasteiger charge is -2.33. The quantitative estimate of drug-likeness (QED) is 0.700. The van der Waals surface area contributed by atoms with Gasteiger partial charge in [0, 0.05) is 47.8 Å². The molecule has 2 aliphatic rings. The largest absolute Gasteiger partial charge is 0.446 e. The first-order chi connectivity index (χ1) is 14.4. The highest BCUT2D eigenvalue weighted by molar-refractivity contribution is 6.35. The number of rotatable bonds is 3. The molecule has 1 atom stereocenters. The molecule has 0 spiro atoms. The van der Waals surface area contributed by atoms with E-state index in [2.05, 4.69) is 29.2 Å². The zero-order valence-electron chi connectivity index (χ0n) is 17.3. The number of hydrogen-bond donors (Lipinski definition) is 1. The lowest BCUT2D eigenvalue weighted by atomic mass is 9.85. The van der Waals surface area contributed by atoms with Crippen LogP contribution in [0.1, 0.15) is 35.4 Å². The van der Waals surface area contributed by atoms with Crippen molar-refractivity contribution in [3.63, 3.8) is 0 Å². The second-order valence-corrected chi connectivity index (χ2v) is 9.20. The Balaban J connectivity index is 1.45. The van der Waals surface area contributed by atoms with Crippen LogP contribution in [0.25, 0.3) is 0 Å². The molecule has 1 amide bonds. The van der Waals surface area contributed by atoms with Crippen molar-refractivity contribution >= 4 is 35.0 Å². The minimum atomic E-state index is -0.390. The molecule has 1 unspecified atom stereocenters. The Morgan fingerprint density at radius 1 is 1.07 bits per heavy atom. The zero-order valence-corrected chi connectivity index (χ0v) is 18.8. The topological polar surface area (TPSA) is 44.8 Å². The van der Waals surface area contributed by atoms with Crippen LogP contribution < -0.4 is 5.32 Å². The van der Waals surface area contributed by atoms with E-state index in [-0.39, 0.29) is 12.0 Å². The fourth-order valence-electron chi connectivity index (χ4n) is 4.33. The number of carbonyl (C=O) groups excluding carboxylic acids is 1. The van der Waals surface area contributed by atoms with E-state index in [4.69, 9.17) is 27.9 Å². The molecule has 2 aromatic rings.